The second-order valence-corrected chi connectivity index (χ2v) is 4.72. The minimum atomic E-state index is -0.00719. The van der Waals surface area contributed by atoms with Crippen molar-refractivity contribution in [3.63, 3.8) is 0 Å². The van der Waals surface area contributed by atoms with Gasteiger partial charge < -0.3 is 9.64 Å². The van der Waals surface area contributed by atoms with E-state index in [9.17, 15) is 4.79 Å². The number of nitrogens with zero attached hydrogens (tertiary/aromatic N) is 2. The van der Waals surface area contributed by atoms with Gasteiger partial charge in [0.1, 0.15) is 0 Å². The van der Waals surface area contributed by atoms with Crippen LogP contribution < -0.4 is 0 Å². The molecule has 0 saturated carbocycles. The number of morpholine rings is 1. The molecule has 1 aliphatic rings. The summed E-state index contributed by atoms with van der Waals surface area (Å²) in [5, 5.41) is 9.43. The number of amides is 1. The van der Waals surface area contributed by atoms with E-state index in [1.165, 1.54) is 0 Å². The maximum atomic E-state index is 12.3. The number of hydrogen-bond donors (Lipinski definition) is 0. The zero-order chi connectivity index (χ0) is 13.0. The molecular formula is C13H13BrN2O2. The molecule has 1 fully saturated rings. The first kappa shape index (κ1) is 13.1. The Labute approximate surface area is 114 Å². The summed E-state index contributed by atoms with van der Waals surface area (Å²) in [4.78, 5) is 14.2. The monoisotopic (exact) mass is 308 g/mol. The van der Waals surface area contributed by atoms with Gasteiger partial charge in [-0.1, -0.05) is 15.9 Å². The molecule has 5 heteroatoms. The normalized spacial score (nSPS) is 19.3. The third-order valence-corrected chi connectivity index (χ3v) is 3.67. The van der Waals surface area contributed by atoms with Crippen LogP contribution in [0.15, 0.2) is 24.3 Å². The molecule has 0 N–H and O–H groups in total. The Bertz CT molecular complexity index is 467. The van der Waals surface area contributed by atoms with Gasteiger partial charge in [0, 0.05) is 17.4 Å². The Hall–Kier alpha value is -1.38. The summed E-state index contributed by atoms with van der Waals surface area (Å²) in [5.41, 5.74) is 1.17. The van der Waals surface area contributed by atoms with E-state index in [1.54, 1.807) is 24.3 Å². The maximum absolute atomic E-state index is 12.3. The van der Waals surface area contributed by atoms with E-state index in [2.05, 4.69) is 15.9 Å². The lowest BCUT2D eigenvalue weighted by molar-refractivity contribution is 0.00525. The Morgan fingerprint density at radius 2 is 2.22 bits per heavy atom. The smallest absolute Gasteiger partial charge is 0.254 e. The van der Waals surface area contributed by atoms with Gasteiger partial charge in [0.15, 0.2) is 0 Å². The van der Waals surface area contributed by atoms with Crippen LogP contribution in [0.2, 0.25) is 0 Å². The number of nitriles is 1. The molecule has 1 saturated heterocycles. The number of ether oxygens (including phenoxy) is 1. The van der Waals surface area contributed by atoms with E-state index in [-0.39, 0.29) is 11.9 Å². The molecule has 2 rings (SSSR count). The molecule has 18 heavy (non-hydrogen) atoms. The van der Waals surface area contributed by atoms with Crippen molar-refractivity contribution >= 4 is 21.8 Å². The van der Waals surface area contributed by atoms with Gasteiger partial charge >= 0.3 is 0 Å². The molecule has 1 aliphatic heterocycles. The van der Waals surface area contributed by atoms with E-state index in [4.69, 9.17) is 10.00 Å². The Morgan fingerprint density at radius 3 is 2.83 bits per heavy atom. The summed E-state index contributed by atoms with van der Waals surface area (Å²) in [6.07, 6.45) is 0. The molecule has 94 valence electrons. The predicted octanol–water partition coefficient (Wildman–Crippen LogP) is 1.79. The van der Waals surface area contributed by atoms with Crippen molar-refractivity contribution in [2.75, 3.05) is 25.1 Å². The summed E-state index contributed by atoms with van der Waals surface area (Å²) in [6, 6.07) is 8.83. The molecule has 0 radical (unpaired) electrons. The quantitative estimate of drug-likeness (QED) is 0.783. The molecule has 0 bridgehead atoms. The first-order chi connectivity index (χ1) is 8.76. The van der Waals surface area contributed by atoms with Gasteiger partial charge in [0.25, 0.3) is 5.91 Å². The molecule has 1 aromatic carbocycles. The van der Waals surface area contributed by atoms with Gasteiger partial charge in [-0.3, -0.25) is 4.79 Å². The van der Waals surface area contributed by atoms with Crippen LogP contribution in [0.1, 0.15) is 15.9 Å². The molecule has 1 amide bonds. The average Bonchev–Trinajstić information content (AvgIpc) is 2.46. The van der Waals surface area contributed by atoms with E-state index < -0.39 is 0 Å². The topological polar surface area (TPSA) is 53.3 Å². The van der Waals surface area contributed by atoms with Crippen molar-refractivity contribution < 1.29 is 9.53 Å². The van der Waals surface area contributed by atoms with E-state index in [1.807, 2.05) is 11.0 Å². The van der Waals surface area contributed by atoms with Crippen molar-refractivity contribution in [2.24, 2.45) is 0 Å². The molecule has 0 spiro atoms. The van der Waals surface area contributed by atoms with Crippen LogP contribution in [-0.2, 0) is 4.74 Å². The number of carbonyl (C=O) groups excluding carboxylic acids is 1. The van der Waals surface area contributed by atoms with Gasteiger partial charge in [-0.15, -0.1) is 0 Å². The minimum Gasteiger partial charge on any atom is -0.377 e. The van der Waals surface area contributed by atoms with Crippen LogP contribution >= 0.6 is 15.9 Å². The standard InChI is InChI=1S/C13H13BrN2O2/c14-7-12-9-18-6-5-16(12)13(17)11-3-1-10(8-15)2-4-11/h1-4,12H,5-7,9H2. The Morgan fingerprint density at radius 1 is 1.50 bits per heavy atom. The number of rotatable bonds is 2. The number of hydrogen-bond acceptors (Lipinski definition) is 3. The van der Waals surface area contributed by atoms with Gasteiger partial charge in [0.2, 0.25) is 0 Å². The fourth-order valence-corrected chi connectivity index (χ4v) is 2.44. The van der Waals surface area contributed by atoms with Crippen LogP contribution in [0, 0.1) is 11.3 Å². The molecule has 0 aliphatic carbocycles. The van der Waals surface area contributed by atoms with Crippen LogP contribution in [0.5, 0.6) is 0 Å². The van der Waals surface area contributed by atoms with Crippen LogP contribution in [0.3, 0.4) is 0 Å². The lowest BCUT2D eigenvalue weighted by atomic mass is 10.1. The van der Waals surface area contributed by atoms with E-state index in [0.29, 0.717) is 36.2 Å². The van der Waals surface area contributed by atoms with Crippen molar-refractivity contribution in [1.82, 2.24) is 4.90 Å². The van der Waals surface area contributed by atoms with Crippen molar-refractivity contribution in [1.29, 1.82) is 5.26 Å². The summed E-state index contributed by atoms with van der Waals surface area (Å²) in [7, 11) is 0. The molecule has 1 atom stereocenters. The van der Waals surface area contributed by atoms with Gasteiger partial charge in [0.05, 0.1) is 30.9 Å². The lowest BCUT2D eigenvalue weighted by Gasteiger charge is -2.34. The number of halogens is 1. The van der Waals surface area contributed by atoms with Gasteiger partial charge in [-0.25, -0.2) is 0 Å². The molecule has 1 unspecified atom stereocenters. The SMILES string of the molecule is N#Cc1ccc(C(=O)N2CCOCC2CBr)cc1. The second-order valence-electron chi connectivity index (χ2n) is 4.07. The predicted molar refractivity (Wildman–Crippen MR) is 70.6 cm³/mol. The van der Waals surface area contributed by atoms with Gasteiger partial charge in [-0.05, 0) is 24.3 Å². The number of alkyl halides is 1. The molecule has 1 aromatic rings. The van der Waals surface area contributed by atoms with Crippen molar-refractivity contribution in [2.45, 2.75) is 6.04 Å². The Kier molecular flexibility index (Phi) is 4.34. The first-order valence-electron chi connectivity index (χ1n) is 5.71. The van der Waals surface area contributed by atoms with Crippen LogP contribution in [0.4, 0.5) is 0 Å². The second kappa shape index (κ2) is 5.98. The van der Waals surface area contributed by atoms with Crippen LogP contribution in [-0.4, -0.2) is 41.9 Å². The summed E-state index contributed by atoms with van der Waals surface area (Å²) in [5.74, 6) is -0.00719. The first-order valence-corrected chi connectivity index (χ1v) is 6.83. The molecule has 0 aromatic heterocycles. The minimum absolute atomic E-state index is 0.00719. The Balaban J connectivity index is 2.16. The van der Waals surface area contributed by atoms with E-state index in [0.717, 1.165) is 0 Å². The molecule has 1 heterocycles. The highest BCUT2D eigenvalue weighted by Crippen LogP contribution is 2.14. The fraction of sp³-hybridized carbons (Fsp3) is 0.385. The number of carbonyl (C=O) groups is 1. The summed E-state index contributed by atoms with van der Waals surface area (Å²) >= 11 is 3.40. The summed E-state index contributed by atoms with van der Waals surface area (Å²) in [6.45, 7) is 1.74. The lowest BCUT2D eigenvalue weighted by Crippen LogP contribution is -2.49. The largest absolute Gasteiger partial charge is 0.377 e. The maximum Gasteiger partial charge on any atom is 0.254 e. The third-order valence-electron chi connectivity index (χ3n) is 2.93. The van der Waals surface area contributed by atoms with Crippen molar-refractivity contribution in [3.05, 3.63) is 35.4 Å². The zero-order valence-corrected chi connectivity index (χ0v) is 11.4. The fourth-order valence-electron chi connectivity index (χ4n) is 1.90. The van der Waals surface area contributed by atoms with Gasteiger partial charge in [-0.2, -0.15) is 5.26 Å². The van der Waals surface area contributed by atoms with Crippen LogP contribution in [0.25, 0.3) is 0 Å². The average molecular weight is 309 g/mol. The highest BCUT2D eigenvalue weighted by molar-refractivity contribution is 9.09. The molecule has 4 nitrogen and oxygen atoms in total. The number of benzene rings is 1. The summed E-state index contributed by atoms with van der Waals surface area (Å²) < 4.78 is 5.36. The zero-order valence-electron chi connectivity index (χ0n) is 9.80. The highest BCUT2D eigenvalue weighted by Gasteiger charge is 2.27. The highest BCUT2D eigenvalue weighted by atomic mass is 79.9. The third kappa shape index (κ3) is 2.71. The van der Waals surface area contributed by atoms with E-state index >= 15 is 0 Å². The van der Waals surface area contributed by atoms with Crippen molar-refractivity contribution in [3.8, 4) is 6.07 Å². The molecular weight excluding hydrogens is 296 g/mol.